The minimum Gasteiger partial charge on any atom is -0.439 e. The third-order valence-corrected chi connectivity index (χ3v) is 5.02. The molecule has 24 heavy (non-hydrogen) atoms. The Kier molecular flexibility index (Phi) is 4.49. The average Bonchev–Trinajstić information content (AvgIpc) is 3.06. The molecule has 0 aliphatic carbocycles. The van der Waals surface area contributed by atoms with Crippen LogP contribution >= 0.6 is 11.3 Å². The number of hydrogen-bond acceptors (Lipinski definition) is 5. The Balaban J connectivity index is 1.68. The number of rotatable bonds is 5. The number of ether oxygens (including phenoxy) is 1. The zero-order valence-electron chi connectivity index (χ0n) is 13.5. The molecule has 5 nitrogen and oxygen atoms in total. The lowest BCUT2D eigenvalue weighted by Crippen LogP contribution is -2.33. The van der Waals surface area contributed by atoms with E-state index in [4.69, 9.17) is 4.74 Å². The van der Waals surface area contributed by atoms with Gasteiger partial charge in [0.1, 0.15) is 4.88 Å². The van der Waals surface area contributed by atoms with Crippen molar-refractivity contribution in [1.82, 2.24) is 4.90 Å². The van der Waals surface area contributed by atoms with Crippen LogP contribution in [-0.4, -0.2) is 29.4 Å². The number of nitrogens with zero attached hydrogens (tertiary/aromatic N) is 1. The summed E-state index contributed by atoms with van der Waals surface area (Å²) < 4.78 is 5.19. The van der Waals surface area contributed by atoms with Crippen LogP contribution in [0.2, 0.25) is 0 Å². The van der Waals surface area contributed by atoms with Crippen molar-refractivity contribution in [2.45, 2.75) is 26.7 Å². The van der Waals surface area contributed by atoms with Gasteiger partial charge in [0.05, 0.1) is 11.1 Å². The first kappa shape index (κ1) is 16.4. The Morgan fingerprint density at radius 1 is 1.17 bits per heavy atom. The molecule has 0 spiro atoms. The number of imide groups is 1. The molecular formula is C18H17NO4S. The van der Waals surface area contributed by atoms with Crippen LogP contribution in [0.3, 0.4) is 0 Å². The van der Waals surface area contributed by atoms with Gasteiger partial charge < -0.3 is 4.74 Å². The van der Waals surface area contributed by atoms with Crippen molar-refractivity contribution >= 4 is 29.1 Å². The van der Waals surface area contributed by atoms with Crippen LogP contribution < -0.4 is 0 Å². The Morgan fingerprint density at radius 3 is 2.38 bits per heavy atom. The van der Waals surface area contributed by atoms with Gasteiger partial charge in [0.2, 0.25) is 0 Å². The van der Waals surface area contributed by atoms with E-state index in [-0.39, 0.29) is 6.73 Å². The van der Waals surface area contributed by atoms with Gasteiger partial charge in [-0.3, -0.25) is 9.59 Å². The summed E-state index contributed by atoms with van der Waals surface area (Å²) in [5, 5.41) is 0. The molecule has 0 N–H and O–H groups in total. The van der Waals surface area contributed by atoms with Crippen molar-refractivity contribution in [1.29, 1.82) is 0 Å². The van der Waals surface area contributed by atoms with E-state index < -0.39 is 17.8 Å². The van der Waals surface area contributed by atoms with E-state index in [0.29, 0.717) is 16.0 Å². The quantitative estimate of drug-likeness (QED) is 0.616. The van der Waals surface area contributed by atoms with E-state index >= 15 is 0 Å². The highest BCUT2D eigenvalue weighted by Gasteiger charge is 2.35. The van der Waals surface area contributed by atoms with Gasteiger partial charge in [0, 0.05) is 4.88 Å². The van der Waals surface area contributed by atoms with E-state index in [2.05, 4.69) is 6.92 Å². The predicted octanol–water partition coefficient (Wildman–Crippen LogP) is 3.42. The molecule has 1 aromatic carbocycles. The molecule has 2 amide bonds. The molecular weight excluding hydrogens is 326 g/mol. The third-order valence-electron chi connectivity index (χ3n) is 3.94. The summed E-state index contributed by atoms with van der Waals surface area (Å²) in [4.78, 5) is 39.2. The summed E-state index contributed by atoms with van der Waals surface area (Å²) in [6.45, 7) is 3.68. The molecule has 0 radical (unpaired) electrons. The SMILES string of the molecule is CCCc1cc(C(=O)OCN2C(=O)c3ccccc3C2=O)sc1C. The highest BCUT2D eigenvalue weighted by Crippen LogP contribution is 2.25. The Bertz CT molecular complexity index is 789. The lowest BCUT2D eigenvalue weighted by atomic mass is 10.1. The van der Waals surface area contributed by atoms with Crippen molar-refractivity contribution in [3.63, 3.8) is 0 Å². The molecule has 3 rings (SSSR count). The fraction of sp³-hybridized carbons (Fsp3) is 0.278. The third kappa shape index (κ3) is 2.85. The second-order valence-corrected chi connectivity index (χ2v) is 6.84. The first-order valence-corrected chi connectivity index (χ1v) is 8.56. The molecule has 1 aliphatic rings. The first-order chi connectivity index (χ1) is 11.5. The van der Waals surface area contributed by atoms with Crippen molar-refractivity contribution in [2.75, 3.05) is 6.73 Å². The average molecular weight is 343 g/mol. The van der Waals surface area contributed by atoms with Crippen LogP contribution in [-0.2, 0) is 11.2 Å². The molecule has 0 atom stereocenters. The summed E-state index contributed by atoms with van der Waals surface area (Å²) in [6.07, 6.45) is 1.91. The number of carbonyl (C=O) groups excluding carboxylic acids is 3. The summed E-state index contributed by atoms with van der Waals surface area (Å²) in [5.74, 6) is -1.38. The second-order valence-electron chi connectivity index (χ2n) is 5.59. The van der Waals surface area contributed by atoms with E-state index in [1.807, 2.05) is 13.0 Å². The lowest BCUT2D eigenvalue weighted by Gasteiger charge is -2.13. The number of carbonyl (C=O) groups is 3. The van der Waals surface area contributed by atoms with Crippen molar-refractivity contribution < 1.29 is 19.1 Å². The number of fused-ring (bicyclic) bond motifs is 1. The zero-order valence-corrected chi connectivity index (χ0v) is 14.3. The van der Waals surface area contributed by atoms with E-state index in [1.54, 1.807) is 24.3 Å². The molecule has 2 heterocycles. The molecule has 0 saturated carbocycles. The van der Waals surface area contributed by atoms with Crippen molar-refractivity contribution in [3.8, 4) is 0 Å². The number of amides is 2. The first-order valence-electron chi connectivity index (χ1n) is 7.74. The van der Waals surface area contributed by atoms with Gasteiger partial charge in [-0.1, -0.05) is 25.5 Å². The molecule has 0 unspecified atom stereocenters. The summed E-state index contributed by atoms with van der Waals surface area (Å²) in [7, 11) is 0. The second kappa shape index (κ2) is 6.57. The number of benzene rings is 1. The topological polar surface area (TPSA) is 63.7 Å². The maximum absolute atomic E-state index is 12.2. The van der Waals surface area contributed by atoms with Crippen LogP contribution in [0.1, 0.15) is 54.2 Å². The Morgan fingerprint density at radius 2 is 1.79 bits per heavy atom. The molecule has 6 heteroatoms. The van der Waals surface area contributed by atoms with Gasteiger partial charge in [0.15, 0.2) is 6.73 Å². The van der Waals surface area contributed by atoms with Gasteiger partial charge in [0.25, 0.3) is 11.8 Å². The Labute approximate surface area is 143 Å². The number of aryl methyl sites for hydroxylation is 2. The fourth-order valence-electron chi connectivity index (χ4n) is 2.69. The van der Waals surface area contributed by atoms with Gasteiger partial charge in [-0.2, -0.15) is 0 Å². The summed E-state index contributed by atoms with van der Waals surface area (Å²) >= 11 is 1.37. The number of thiophene rings is 1. The monoisotopic (exact) mass is 343 g/mol. The summed E-state index contributed by atoms with van der Waals surface area (Å²) in [5.41, 5.74) is 1.82. The van der Waals surface area contributed by atoms with E-state index in [1.165, 1.54) is 11.3 Å². The minimum absolute atomic E-state index is 0.343. The standard InChI is InChI=1S/C18H17NO4S/c1-3-6-12-9-15(24-11(12)2)18(22)23-10-19-16(20)13-7-4-5-8-14(13)17(19)21/h4-5,7-9H,3,6,10H2,1-2H3. The van der Waals surface area contributed by atoms with Crippen LogP contribution in [0.4, 0.5) is 0 Å². The smallest absolute Gasteiger partial charge is 0.350 e. The molecule has 2 aromatic rings. The van der Waals surface area contributed by atoms with E-state index in [9.17, 15) is 14.4 Å². The molecule has 124 valence electrons. The maximum atomic E-state index is 12.2. The van der Waals surface area contributed by atoms with Gasteiger partial charge in [-0.05, 0) is 37.1 Å². The molecule has 1 aliphatic heterocycles. The minimum atomic E-state index is -0.512. The Hall–Kier alpha value is -2.47. The number of esters is 1. The lowest BCUT2D eigenvalue weighted by molar-refractivity contribution is 0.0232. The highest BCUT2D eigenvalue weighted by atomic mass is 32.1. The van der Waals surface area contributed by atoms with Crippen LogP contribution in [0, 0.1) is 6.92 Å². The predicted molar refractivity (Wildman–Crippen MR) is 90.3 cm³/mol. The maximum Gasteiger partial charge on any atom is 0.350 e. The van der Waals surface area contributed by atoms with Crippen LogP contribution in [0.25, 0.3) is 0 Å². The molecule has 0 bridgehead atoms. The van der Waals surface area contributed by atoms with Crippen LogP contribution in [0.15, 0.2) is 30.3 Å². The van der Waals surface area contributed by atoms with E-state index in [0.717, 1.165) is 28.2 Å². The summed E-state index contributed by atoms with van der Waals surface area (Å²) in [6, 6.07) is 8.41. The van der Waals surface area contributed by atoms with Crippen LogP contribution in [0.5, 0.6) is 0 Å². The fourth-order valence-corrected chi connectivity index (χ4v) is 3.65. The highest BCUT2D eigenvalue weighted by molar-refractivity contribution is 7.14. The molecule has 0 saturated heterocycles. The van der Waals surface area contributed by atoms with Gasteiger partial charge in [-0.25, -0.2) is 9.69 Å². The number of hydrogen-bond donors (Lipinski definition) is 0. The zero-order chi connectivity index (χ0) is 17.3. The van der Waals surface area contributed by atoms with Crippen molar-refractivity contribution in [2.24, 2.45) is 0 Å². The van der Waals surface area contributed by atoms with Gasteiger partial charge >= 0.3 is 5.97 Å². The molecule has 0 fully saturated rings. The largest absolute Gasteiger partial charge is 0.439 e. The normalized spacial score (nSPS) is 13.3. The molecule has 1 aromatic heterocycles. The van der Waals surface area contributed by atoms with Gasteiger partial charge in [-0.15, -0.1) is 11.3 Å². The van der Waals surface area contributed by atoms with Crippen molar-refractivity contribution in [3.05, 3.63) is 56.8 Å².